The molecule has 0 spiro atoms. The lowest BCUT2D eigenvalue weighted by Crippen LogP contribution is -2.30. The number of primary sulfonamides is 1. The van der Waals surface area contributed by atoms with Gasteiger partial charge in [0.15, 0.2) is 0 Å². The smallest absolute Gasteiger partial charge is 0.251 e. The Morgan fingerprint density at radius 1 is 1.41 bits per heavy atom. The number of amides is 1. The van der Waals surface area contributed by atoms with Gasteiger partial charge < -0.3 is 10.2 Å². The number of benzene rings is 1. The number of rotatable bonds is 4. The van der Waals surface area contributed by atoms with Gasteiger partial charge in [-0.05, 0) is 63.0 Å². The number of carbonyl (C=O) groups is 1. The lowest BCUT2D eigenvalue weighted by atomic mass is 10.1. The van der Waals surface area contributed by atoms with Crippen LogP contribution in [-0.2, 0) is 10.0 Å². The van der Waals surface area contributed by atoms with Crippen molar-refractivity contribution in [3.63, 3.8) is 0 Å². The highest BCUT2D eigenvalue weighted by Gasteiger charge is 2.21. The highest BCUT2D eigenvalue weighted by molar-refractivity contribution is 7.89. The topological polar surface area (TPSA) is 92.5 Å². The molecular weight excluding hydrogens is 302 g/mol. The van der Waals surface area contributed by atoms with Crippen LogP contribution >= 0.6 is 0 Å². The van der Waals surface area contributed by atoms with Gasteiger partial charge in [-0.1, -0.05) is 0 Å². The second kappa shape index (κ2) is 6.36. The van der Waals surface area contributed by atoms with Crippen molar-refractivity contribution in [1.82, 2.24) is 10.2 Å². The molecule has 1 aliphatic rings. The molecule has 1 fully saturated rings. The minimum atomic E-state index is -3.84. The zero-order valence-corrected chi connectivity index (χ0v) is 14.0. The maximum absolute atomic E-state index is 12.3. The van der Waals surface area contributed by atoms with Gasteiger partial charge in [-0.2, -0.15) is 0 Å². The number of hydrogen-bond donors (Lipinski definition) is 2. The van der Waals surface area contributed by atoms with Crippen LogP contribution in [0.5, 0.6) is 0 Å². The van der Waals surface area contributed by atoms with E-state index in [1.54, 1.807) is 19.9 Å². The summed E-state index contributed by atoms with van der Waals surface area (Å²) in [5, 5.41) is 8.10. The molecule has 1 aromatic rings. The van der Waals surface area contributed by atoms with Gasteiger partial charge in [0.2, 0.25) is 10.0 Å². The molecule has 0 aromatic heterocycles. The molecule has 1 saturated heterocycles. The molecule has 1 atom stereocenters. The van der Waals surface area contributed by atoms with E-state index < -0.39 is 10.0 Å². The first-order valence-corrected chi connectivity index (χ1v) is 8.84. The highest BCUT2D eigenvalue weighted by Crippen LogP contribution is 2.20. The number of nitrogens with two attached hydrogens (primary N) is 1. The van der Waals surface area contributed by atoms with Crippen molar-refractivity contribution in [3.8, 4) is 0 Å². The van der Waals surface area contributed by atoms with Crippen molar-refractivity contribution in [2.45, 2.75) is 25.2 Å². The second-order valence-corrected chi connectivity index (χ2v) is 7.62. The van der Waals surface area contributed by atoms with Crippen LogP contribution in [0, 0.1) is 19.8 Å². The largest absolute Gasteiger partial charge is 0.352 e. The fraction of sp³-hybridized carbons (Fsp3) is 0.533. The van der Waals surface area contributed by atoms with Crippen LogP contribution in [0.1, 0.15) is 27.9 Å². The highest BCUT2D eigenvalue weighted by atomic mass is 32.2. The number of sulfonamides is 1. The summed E-state index contributed by atoms with van der Waals surface area (Å²) in [5.41, 5.74) is 1.65. The minimum Gasteiger partial charge on any atom is -0.352 e. The van der Waals surface area contributed by atoms with Crippen LogP contribution in [0.3, 0.4) is 0 Å². The van der Waals surface area contributed by atoms with E-state index in [0.717, 1.165) is 25.1 Å². The molecule has 0 saturated carbocycles. The normalized spacial score (nSPS) is 19.4. The van der Waals surface area contributed by atoms with Gasteiger partial charge in [0.1, 0.15) is 0 Å². The lowest BCUT2D eigenvalue weighted by molar-refractivity contribution is 0.0947. The first-order valence-electron chi connectivity index (χ1n) is 7.29. The van der Waals surface area contributed by atoms with E-state index in [1.165, 1.54) is 6.07 Å². The van der Waals surface area contributed by atoms with Gasteiger partial charge in [-0.25, -0.2) is 13.6 Å². The Bertz CT molecular complexity index is 686. The van der Waals surface area contributed by atoms with Crippen LogP contribution in [0.2, 0.25) is 0 Å². The van der Waals surface area contributed by atoms with Crippen LogP contribution in [0.25, 0.3) is 0 Å². The van der Waals surface area contributed by atoms with Crippen LogP contribution in [-0.4, -0.2) is 45.9 Å². The van der Waals surface area contributed by atoms with Gasteiger partial charge in [0.05, 0.1) is 4.90 Å². The molecule has 2 rings (SSSR count). The van der Waals surface area contributed by atoms with Crippen LogP contribution < -0.4 is 10.5 Å². The van der Waals surface area contributed by atoms with Crippen molar-refractivity contribution in [2.75, 3.05) is 26.7 Å². The molecular formula is C15H23N3O3S. The Hall–Kier alpha value is -1.44. The SMILES string of the molecule is Cc1cc(C(=O)NCC2CCN(C)C2)cc(S(N)(=O)=O)c1C. The standard InChI is InChI=1S/C15H23N3O3S/c1-10-6-13(7-14(11(10)2)22(16,20)21)15(19)17-8-12-4-5-18(3)9-12/h6-7,12H,4-5,8-9H2,1-3H3,(H,17,19)(H2,16,20,21). The zero-order valence-electron chi connectivity index (χ0n) is 13.2. The maximum atomic E-state index is 12.3. The number of hydrogen-bond acceptors (Lipinski definition) is 4. The van der Waals surface area contributed by atoms with Crippen molar-refractivity contribution in [3.05, 3.63) is 28.8 Å². The first kappa shape index (κ1) is 16.9. The van der Waals surface area contributed by atoms with Gasteiger partial charge in [0, 0.05) is 18.7 Å². The van der Waals surface area contributed by atoms with Crippen molar-refractivity contribution in [2.24, 2.45) is 11.1 Å². The molecule has 3 N–H and O–H groups in total. The van der Waals surface area contributed by atoms with Crippen LogP contribution in [0.4, 0.5) is 0 Å². The summed E-state index contributed by atoms with van der Waals surface area (Å²) in [6.07, 6.45) is 1.06. The van der Waals surface area contributed by atoms with Gasteiger partial charge >= 0.3 is 0 Å². The average Bonchev–Trinajstić information content (AvgIpc) is 2.83. The Morgan fingerprint density at radius 2 is 2.09 bits per heavy atom. The molecule has 1 aromatic carbocycles. The molecule has 0 radical (unpaired) electrons. The molecule has 1 aliphatic heterocycles. The summed E-state index contributed by atoms with van der Waals surface area (Å²) < 4.78 is 23.2. The summed E-state index contributed by atoms with van der Waals surface area (Å²) in [7, 11) is -1.78. The molecule has 0 bridgehead atoms. The number of nitrogens with zero attached hydrogens (tertiary/aromatic N) is 1. The van der Waals surface area contributed by atoms with Gasteiger partial charge in [-0.15, -0.1) is 0 Å². The van der Waals surface area contributed by atoms with Crippen molar-refractivity contribution >= 4 is 15.9 Å². The van der Waals surface area contributed by atoms with Gasteiger partial charge in [0.25, 0.3) is 5.91 Å². The fourth-order valence-electron chi connectivity index (χ4n) is 2.79. The Balaban J connectivity index is 2.14. The van der Waals surface area contributed by atoms with Gasteiger partial charge in [-0.3, -0.25) is 4.79 Å². The van der Waals surface area contributed by atoms with E-state index >= 15 is 0 Å². The quantitative estimate of drug-likeness (QED) is 0.849. The number of aryl methyl sites for hydroxylation is 1. The molecule has 6 nitrogen and oxygen atoms in total. The first-order chi connectivity index (χ1) is 10.2. The number of nitrogens with one attached hydrogen (secondary N) is 1. The van der Waals surface area contributed by atoms with Crippen LogP contribution in [0.15, 0.2) is 17.0 Å². The third kappa shape index (κ3) is 3.85. The van der Waals surface area contributed by atoms with E-state index in [1.807, 2.05) is 0 Å². The third-order valence-corrected chi connectivity index (χ3v) is 5.27. The van der Waals surface area contributed by atoms with E-state index in [0.29, 0.717) is 23.6 Å². The summed E-state index contributed by atoms with van der Waals surface area (Å²) in [6, 6.07) is 3.05. The molecule has 1 heterocycles. The molecule has 7 heteroatoms. The fourth-order valence-corrected chi connectivity index (χ4v) is 3.66. The summed E-state index contributed by atoms with van der Waals surface area (Å²) in [4.78, 5) is 14.5. The maximum Gasteiger partial charge on any atom is 0.251 e. The molecule has 1 unspecified atom stereocenters. The summed E-state index contributed by atoms with van der Waals surface area (Å²) in [5.74, 6) is 0.181. The molecule has 22 heavy (non-hydrogen) atoms. The lowest BCUT2D eigenvalue weighted by Gasteiger charge is -2.13. The van der Waals surface area contributed by atoms with Crippen molar-refractivity contribution < 1.29 is 13.2 Å². The predicted octanol–water partition coefficient (Wildman–Crippen LogP) is 0.632. The zero-order chi connectivity index (χ0) is 16.5. The molecule has 122 valence electrons. The number of likely N-dealkylation sites (tertiary alicyclic amines) is 1. The molecule has 1 amide bonds. The Labute approximate surface area is 131 Å². The van der Waals surface area contributed by atoms with E-state index in [-0.39, 0.29) is 10.8 Å². The summed E-state index contributed by atoms with van der Waals surface area (Å²) >= 11 is 0. The van der Waals surface area contributed by atoms with E-state index in [2.05, 4.69) is 17.3 Å². The minimum absolute atomic E-state index is 0.0123. The van der Waals surface area contributed by atoms with E-state index in [4.69, 9.17) is 5.14 Å². The predicted molar refractivity (Wildman–Crippen MR) is 85.2 cm³/mol. The van der Waals surface area contributed by atoms with E-state index in [9.17, 15) is 13.2 Å². The Kier molecular flexibility index (Phi) is 4.89. The monoisotopic (exact) mass is 325 g/mol. The number of carbonyl (C=O) groups excluding carboxylic acids is 1. The van der Waals surface area contributed by atoms with Crippen molar-refractivity contribution in [1.29, 1.82) is 0 Å². The molecule has 0 aliphatic carbocycles. The third-order valence-electron chi connectivity index (χ3n) is 4.23. The average molecular weight is 325 g/mol. The second-order valence-electron chi connectivity index (χ2n) is 6.09. The Morgan fingerprint density at radius 3 is 2.64 bits per heavy atom. The summed E-state index contributed by atoms with van der Waals surface area (Å²) in [6.45, 7) is 6.06.